The van der Waals surface area contributed by atoms with Crippen LogP contribution in [0, 0.1) is 0 Å². The minimum Gasteiger partial charge on any atom is -0.367 e. The average molecular weight is 370 g/mol. The van der Waals surface area contributed by atoms with E-state index < -0.39 is 5.91 Å². The molecule has 27 heavy (non-hydrogen) atoms. The average Bonchev–Trinajstić information content (AvgIpc) is 3.05. The SMILES string of the molecule is CC(C)(C)c1cc(N2CCC3(CC2)Cn2nc(C(N)=O)cc2CO3)ncn1. The van der Waals surface area contributed by atoms with Gasteiger partial charge in [-0.3, -0.25) is 9.48 Å². The summed E-state index contributed by atoms with van der Waals surface area (Å²) in [5.41, 5.74) is 7.35. The van der Waals surface area contributed by atoms with Gasteiger partial charge in [-0.2, -0.15) is 5.10 Å². The molecular weight excluding hydrogens is 344 g/mol. The van der Waals surface area contributed by atoms with Gasteiger partial charge >= 0.3 is 0 Å². The first-order valence-electron chi connectivity index (χ1n) is 9.34. The number of aromatic nitrogens is 4. The standard InChI is InChI=1S/C19H26N6O2/c1-18(2,3)15-9-16(22-12-21-15)24-6-4-19(5-7-24)11-25-13(10-27-19)8-14(23-25)17(20)26/h8-9,12H,4-7,10-11H2,1-3H3,(H2,20,26). The molecule has 2 N–H and O–H groups in total. The maximum atomic E-state index is 11.4. The third kappa shape index (κ3) is 3.41. The Morgan fingerprint density at radius 1 is 1.22 bits per heavy atom. The van der Waals surface area contributed by atoms with E-state index in [0.29, 0.717) is 18.8 Å². The summed E-state index contributed by atoms with van der Waals surface area (Å²) in [7, 11) is 0. The van der Waals surface area contributed by atoms with E-state index in [-0.39, 0.29) is 11.0 Å². The Balaban J connectivity index is 1.47. The summed E-state index contributed by atoms with van der Waals surface area (Å²) in [6, 6.07) is 3.81. The topological polar surface area (TPSA) is 99.2 Å². The van der Waals surface area contributed by atoms with Crippen molar-refractivity contribution in [1.82, 2.24) is 19.7 Å². The molecule has 4 heterocycles. The number of piperidine rings is 1. The quantitative estimate of drug-likeness (QED) is 0.863. The van der Waals surface area contributed by atoms with Crippen molar-refractivity contribution in [2.24, 2.45) is 5.73 Å². The number of carbonyl (C=O) groups excluding carboxylic acids is 1. The molecule has 1 spiro atoms. The minimum absolute atomic E-state index is 0.00416. The van der Waals surface area contributed by atoms with Crippen molar-refractivity contribution in [1.29, 1.82) is 0 Å². The summed E-state index contributed by atoms with van der Waals surface area (Å²) in [4.78, 5) is 22.6. The van der Waals surface area contributed by atoms with Gasteiger partial charge in [0.15, 0.2) is 0 Å². The van der Waals surface area contributed by atoms with E-state index in [1.807, 2.05) is 4.68 Å². The second-order valence-electron chi connectivity index (χ2n) is 8.51. The van der Waals surface area contributed by atoms with Gasteiger partial charge in [0.05, 0.1) is 30.1 Å². The third-order valence-electron chi connectivity index (χ3n) is 5.50. The zero-order valence-corrected chi connectivity index (χ0v) is 16.1. The number of fused-ring (bicyclic) bond motifs is 1. The van der Waals surface area contributed by atoms with Gasteiger partial charge < -0.3 is 15.4 Å². The van der Waals surface area contributed by atoms with E-state index in [4.69, 9.17) is 10.5 Å². The Morgan fingerprint density at radius 2 is 1.96 bits per heavy atom. The highest BCUT2D eigenvalue weighted by Gasteiger charge is 2.40. The summed E-state index contributed by atoms with van der Waals surface area (Å²) in [5, 5.41) is 4.34. The van der Waals surface area contributed by atoms with Crippen molar-refractivity contribution in [2.45, 2.75) is 57.8 Å². The fourth-order valence-electron chi connectivity index (χ4n) is 3.75. The molecule has 0 bridgehead atoms. The lowest BCUT2D eigenvalue weighted by Crippen LogP contribution is -2.51. The van der Waals surface area contributed by atoms with E-state index >= 15 is 0 Å². The van der Waals surface area contributed by atoms with Gasteiger partial charge in [-0.05, 0) is 18.9 Å². The third-order valence-corrected chi connectivity index (χ3v) is 5.50. The number of ether oxygens (including phenoxy) is 1. The van der Waals surface area contributed by atoms with Crippen LogP contribution in [0.25, 0.3) is 0 Å². The molecule has 2 aliphatic rings. The van der Waals surface area contributed by atoms with Crippen LogP contribution < -0.4 is 10.6 Å². The number of rotatable bonds is 2. The van der Waals surface area contributed by atoms with Crippen molar-refractivity contribution in [2.75, 3.05) is 18.0 Å². The fraction of sp³-hybridized carbons (Fsp3) is 0.579. The number of amides is 1. The van der Waals surface area contributed by atoms with E-state index in [0.717, 1.165) is 43.1 Å². The van der Waals surface area contributed by atoms with Crippen molar-refractivity contribution < 1.29 is 9.53 Å². The van der Waals surface area contributed by atoms with E-state index in [1.165, 1.54) is 0 Å². The largest absolute Gasteiger partial charge is 0.367 e. The molecule has 0 aromatic carbocycles. The molecular formula is C19H26N6O2. The first-order valence-corrected chi connectivity index (χ1v) is 9.34. The number of anilines is 1. The number of carbonyl (C=O) groups is 1. The molecule has 2 aromatic heterocycles. The van der Waals surface area contributed by atoms with Gasteiger partial charge in [0.25, 0.3) is 5.91 Å². The number of nitrogens with two attached hydrogens (primary N) is 1. The van der Waals surface area contributed by atoms with Crippen molar-refractivity contribution >= 4 is 11.7 Å². The van der Waals surface area contributed by atoms with Crippen LogP contribution >= 0.6 is 0 Å². The second-order valence-corrected chi connectivity index (χ2v) is 8.51. The first kappa shape index (κ1) is 17.9. The maximum Gasteiger partial charge on any atom is 0.269 e. The zero-order chi connectivity index (χ0) is 19.2. The molecule has 1 amide bonds. The highest BCUT2D eigenvalue weighted by molar-refractivity contribution is 5.90. The second kappa shape index (κ2) is 6.30. The lowest BCUT2D eigenvalue weighted by molar-refractivity contribution is -0.106. The molecule has 2 aromatic rings. The van der Waals surface area contributed by atoms with Crippen LogP contribution in [-0.2, 0) is 23.3 Å². The molecule has 1 saturated heterocycles. The summed E-state index contributed by atoms with van der Waals surface area (Å²) < 4.78 is 8.09. The molecule has 0 radical (unpaired) electrons. The Hall–Kier alpha value is -2.48. The predicted octanol–water partition coefficient (Wildman–Crippen LogP) is 1.64. The number of hydrogen-bond acceptors (Lipinski definition) is 6. The molecule has 4 rings (SSSR count). The number of nitrogens with zero attached hydrogens (tertiary/aromatic N) is 5. The summed E-state index contributed by atoms with van der Waals surface area (Å²) >= 11 is 0. The minimum atomic E-state index is -0.501. The maximum absolute atomic E-state index is 11.4. The van der Waals surface area contributed by atoms with E-state index in [9.17, 15) is 4.79 Å². The van der Waals surface area contributed by atoms with Gasteiger partial charge in [0.1, 0.15) is 17.8 Å². The number of hydrogen-bond donors (Lipinski definition) is 1. The molecule has 1 fully saturated rings. The monoisotopic (exact) mass is 370 g/mol. The molecule has 0 saturated carbocycles. The highest BCUT2D eigenvalue weighted by Crippen LogP contribution is 2.34. The Labute approximate surface area is 158 Å². The predicted molar refractivity (Wildman–Crippen MR) is 100 cm³/mol. The van der Waals surface area contributed by atoms with Crippen molar-refractivity contribution in [3.63, 3.8) is 0 Å². The van der Waals surface area contributed by atoms with Gasteiger partial charge in [-0.15, -0.1) is 0 Å². The van der Waals surface area contributed by atoms with Crippen LogP contribution in [0.15, 0.2) is 18.5 Å². The Bertz CT molecular complexity index is 861. The molecule has 0 atom stereocenters. The van der Waals surface area contributed by atoms with Crippen LogP contribution in [0.5, 0.6) is 0 Å². The zero-order valence-electron chi connectivity index (χ0n) is 16.1. The van der Waals surface area contributed by atoms with Crippen molar-refractivity contribution in [3.05, 3.63) is 35.5 Å². The molecule has 0 aliphatic carbocycles. The van der Waals surface area contributed by atoms with Crippen LogP contribution in [0.4, 0.5) is 5.82 Å². The van der Waals surface area contributed by atoms with Crippen molar-refractivity contribution in [3.8, 4) is 0 Å². The smallest absolute Gasteiger partial charge is 0.269 e. The Kier molecular flexibility index (Phi) is 4.18. The molecule has 144 valence electrons. The highest BCUT2D eigenvalue weighted by atomic mass is 16.5. The summed E-state index contributed by atoms with van der Waals surface area (Å²) in [5.74, 6) is 0.468. The Morgan fingerprint density at radius 3 is 2.63 bits per heavy atom. The van der Waals surface area contributed by atoms with E-state index in [1.54, 1.807) is 12.4 Å². The summed E-state index contributed by atoms with van der Waals surface area (Å²) in [6.45, 7) is 9.30. The van der Waals surface area contributed by atoms with Gasteiger partial charge in [0.2, 0.25) is 0 Å². The first-order chi connectivity index (χ1) is 12.8. The van der Waals surface area contributed by atoms with Gasteiger partial charge in [-0.25, -0.2) is 9.97 Å². The lowest BCUT2D eigenvalue weighted by Gasteiger charge is -2.44. The van der Waals surface area contributed by atoms with E-state index in [2.05, 4.69) is 46.8 Å². The lowest BCUT2D eigenvalue weighted by atomic mass is 9.89. The van der Waals surface area contributed by atoms with Crippen LogP contribution in [-0.4, -0.2) is 44.3 Å². The van der Waals surface area contributed by atoms with Gasteiger partial charge in [-0.1, -0.05) is 20.8 Å². The van der Waals surface area contributed by atoms with Gasteiger partial charge in [0, 0.05) is 24.6 Å². The molecule has 8 heteroatoms. The molecule has 8 nitrogen and oxygen atoms in total. The normalized spacial score (nSPS) is 19.1. The summed E-state index contributed by atoms with van der Waals surface area (Å²) in [6.07, 6.45) is 3.42. The fourth-order valence-corrected chi connectivity index (χ4v) is 3.75. The van der Waals surface area contributed by atoms with Crippen LogP contribution in [0.1, 0.15) is 55.5 Å². The molecule has 0 unspecified atom stereocenters. The molecule has 2 aliphatic heterocycles. The van der Waals surface area contributed by atoms with Crippen LogP contribution in [0.3, 0.4) is 0 Å². The van der Waals surface area contributed by atoms with Crippen LogP contribution in [0.2, 0.25) is 0 Å². The number of primary amides is 1.